The van der Waals surface area contributed by atoms with E-state index in [1.807, 2.05) is 18.2 Å². The zero-order valence-corrected chi connectivity index (χ0v) is 17.5. The Hall–Kier alpha value is -1.02. The molecule has 24 heavy (non-hydrogen) atoms. The number of ether oxygens (including phenoxy) is 2. The van der Waals surface area contributed by atoms with Crippen molar-refractivity contribution in [3.63, 3.8) is 0 Å². The third-order valence-electron chi connectivity index (χ3n) is 3.37. The first-order valence-corrected chi connectivity index (χ1v) is 8.53. The van der Waals surface area contributed by atoms with Gasteiger partial charge < -0.3 is 20.1 Å². The van der Waals surface area contributed by atoms with Crippen LogP contribution < -0.4 is 15.4 Å². The second kappa shape index (κ2) is 15.5. The van der Waals surface area contributed by atoms with Crippen LogP contribution in [0.4, 0.5) is 0 Å². The third kappa shape index (κ3) is 9.97. The van der Waals surface area contributed by atoms with E-state index in [-0.39, 0.29) is 24.0 Å². The highest BCUT2D eigenvalue weighted by Gasteiger charge is 2.02. The van der Waals surface area contributed by atoms with Gasteiger partial charge in [0.15, 0.2) is 5.96 Å². The number of hydrogen-bond acceptors (Lipinski definition) is 3. The number of methoxy groups -OCH3 is 1. The largest absolute Gasteiger partial charge is 0.496 e. The van der Waals surface area contributed by atoms with Crippen LogP contribution >= 0.6 is 24.0 Å². The maximum atomic E-state index is 5.53. The Kier molecular flexibility index (Phi) is 14.8. The van der Waals surface area contributed by atoms with Crippen LogP contribution in [0.5, 0.6) is 5.75 Å². The summed E-state index contributed by atoms with van der Waals surface area (Å²) < 4.78 is 10.9. The molecule has 0 aliphatic heterocycles. The molecular formula is C18H32IN3O2. The number of hydrogen-bond donors (Lipinski definition) is 2. The SMILES string of the molecule is CCCCOCCN=C(NCC)NCCc1ccccc1OC.I. The Bertz CT molecular complexity index is 456. The van der Waals surface area contributed by atoms with Crippen molar-refractivity contribution in [3.05, 3.63) is 29.8 Å². The number of guanidine groups is 1. The van der Waals surface area contributed by atoms with Crippen molar-refractivity contribution in [2.24, 2.45) is 4.99 Å². The molecule has 2 N–H and O–H groups in total. The number of unbranched alkanes of at least 4 members (excludes halogenated alkanes) is 1. The number of benzene rings is 1. The molecule has 1 aromatic rings. The first-order valence-electron chi connectivity index (χ1n) is 8.53. The predicted molar refractivity (Wildman–Crippen MR) is 112 cm³/mol. The summed E-state index contributed by atoms with van der Waals surface area (Å²) in [5.41, 5.74) is 1.20. The molecule has 5 nitrogen and oxygen atoms in total. The molecule has 0 saturated heterocycles. The maximum Gasteiger partial charge on any atom is 0.191 e. The lowest BCUT2D eigenvalue weighted by Gasteiger charge is -2.12. The lowest BCUT2D eigenvalue weighted by molar-refractivity contribution is 0.139. The molecule has 6 heteroatoms. The molecule has 0 unspecified atom stereocenters. The highest BCUT2D eigenvalue weighted by molar-refractivity contribution is 14.0. The number of para-hydroxylation sites is 1. The summed E-state index contributed by atoms with van der Waals surface area (Å²) in [6.07, 6.45) is 3.17. The van der Waals surface area contributed by atoms with Gasteiger partial charge in [-0.25, -0.2) is 0 Å². The summed E-state index contributed by atoms with van der Waals surface area (Å²) in [5.74, 6) is 1.77. The van der Waals surface area contributed by atoms with Gasteiger partial charge in [-0.3, -0.25) is 4.99 Å². The molecule has 0 aliphatic carbocycles. The van der Waals surface area contributed by atoms with Crippen molar-refractivity contribution < 1.29 is 9.47 Å². The monoisotopic (exact) mass is 449 g/mol. The molecule has 138 valence electrons. The first-order chi connectivity index (χ1) is 11.3. The number of nitrogens with one attached hydrogen (secondary N) is 2. The maximum absolute atomic E-state index is 5.53. The topological polar surface area (TPSA) is 54.9 Å². The fraction of sp³-hybridized carbons (Fsp3) is 0.611. The van der Waals surface area contributed by atoms with Crippen LogP contribution in [0.2, 0.25) is 0 Å². The lowest BCUT2D eigenvalue weighted by atomic mass is 10.1. The van der Waals surface area contributed by atoms with E-state index in [4.69, 9.17) is 9.47 Å². The highest BCUT2D eigenvalue weighted by Crippen LogP contribution is 2.17. The predicted octanol–water partition coefficient (Wildman–Crippen LogP) is 3.23. The van der Waals surface area contributed by atoms with E-state index >= 15 is 0 Å². The average Bonchev–Trinajstić information content (AvgIpc) is 2.58. The number of aliphatic imine (C=N–C) groups is 1. The van der Waals surface area contributed by atoms with Crippen molar-refractivity contribution in [3.8, 4) is 5.75 Å². The molecule has 1 rings (SSSR count). The smallest absolute Gasteiger partial charge is 0.191 e. The van der Waals surface area contributed by atoms with E-state index in [0.29, 0.717) is 13.2 Å². The van der Waals surface area contributed by atoms with E-state index in [2.05, 4.69) is 35.5 Å². The van der Waals surface area contributed by atoms with Crippen LogP contribution in [0.25, 0.3) is 0 Å². The molecule has 0 saturated carbocycles. The first kappa shape index (κ1) is 23.0. The molecule has 0 radical (unpaired) electrons. The number of halogens is 1. The summed E-state index contributed by atoms with van der Waals surface area (Å²) in [6.45, 7) is 8.05. The molecule has 0 heterocycles. The summed E-state index contributed by atoms with van der Waals surface area (Å²) in [7, 11) is 1.70. The van der Waals surface area contributed by atoms with Gasteiger partial charge in [-0.2, -0.15) is 0 Å². The highest BCUT2D eigenvalue weighted by atomic mass is 127. The van der Waals surface area contributed by atoms with Gasteiger partial charge in [-0.15, -0.1) is 24.0 Å². The molecule has 0 atom stereocenters. The molecule has 0 spiro atoms. The quantitative estimate of drug-likeness (QED) is 0.236. The van der Waals surface area contributed by atoms with Crippen LogP contribution in [0, 0.1) is 0 Å². The van der Waals surface area contributed by atoms with Crippen molar-refractivity contribution in [2.45, 2.75) is 33.1 Å². The molecule has 1 aromatic carbocycles. The average molecular weight is 449 g/mol. The zero-order chi connectivity index (χ0) is 16.8. The minimum Gasteiger partial charge on any atom is -0.496 e. The van der Waals surface area contributed by atoms with Crippen LogP contribution in [0.15, 0.2) is 29.3 Å². The van der Waals surface area contributed by atoms with E-state index in [1.54, 1.807) is 7.11 Å². The van der Waals surface area contributed by atoms with Crippen molar-refractivity contribution in [1.82, 2.24) is 10.6 Å². The van der Waals surface area contributed by atoms with Gasteiger partial charge in [0, 0.05) is 19.7 Å². The van der Waals surface area contributed by atoms with E-state index < -0.39 is 0 Å². The third-order valence-corrected chi connectivity index (χ3v) is 3.37. The Morgan fingerprint density at radius 3 is 2.62 bits per heavy atom. The summed E-state index contributed by atoms with van der Waals surface area (Å²) >= 11 is 0. The van der Waals surface area contributed by atoms with Gasteiger partial charge in [0.1, 0.15) is 5.75 Å². The van der Waals surface area contributed by atoms with Crippen molar-refractivity contribution in [2.75, 3.05) is 40.0 Å². The molecule has 0 aliphatic rings. The fourth-order valence-corrected chi connectivity index (χ4v) is 2.14. The van der Waals surface area contributed by atoms with Gasteiger partial charge in [0.2, 0.25) is 0 Å². The van der Waals surface area contributed by atoms with Gasteiger partial charge in [0.05, 0.1) is 20.3 Å². The lowest BCUT2D eigenvalue weighted by Crippen LogP contribution is -2.38. The summed E-state index contributed by atoms with van der Waals surface area (Å²) in [5, 5.41) is 6.60. The molecule has 0 bridgehead atoms. The summed E-state index contributed by atoms with van der Waals surface area (Å²) in [6, 6.07) is 8.10. The Morgan fingerprint density at radius 1 is 1.12 bits per heavy atom. The van der Waals surface area contributed by atoms with Crippen molar-refractivity contribution in [1.29, 1.82) is 0 Å². The molecule has 0 aromatic heterocycles. The number of rotatable bonds is 11. The van der Waals surface area contributed by atoms with Crippen LogP contribution in [-0.2, 0) is 11.2 Å². The van der Waals surface area contributed by atoms with E-state index in [9.17, 15) is 0 Å². The molecule has 0 amide bonds. The second-order valence-electron chi connectivity index (χ2n) is 5.22. The van der Waals surface area contributed by atoms with Crippen LogP contribution in [0.1, 0.15) is 32.3 Å². The Morgan fingerprint density at radius 2 is 1.92 bits per heavy atom. The van der Waals surface area contributed by atoms with Crippen LogP contribution in [-0.4, -0.2) is 45.9 Å². The molecular weight excluding hydrogens is 417 g/mol. The van der Waals surface area contributed by atoms with E-state index in [1.165, 1.54) is 5.56 Å². The standard InChI is InChI=1S/C18H31N3O2.HI/c1-4-6-14-23-15-13-21-18(19-5-2)20-12-11-16-9-7-8-10-17(16)22-3;/h7-10H,4-6,11-15H2,1-3H3,(H2,19,20,21);1H. The molecule has 0 fully saturated rings. The summed E-state index contributed by atoms with van der Waals surface area (Å²) in [4.78, 5) is 4.52. The second-order valence-corrected chi connectivity index (χ2v) is 5.22. The van der Waals surface area contributed by atoms with Crippen LogP contribution in [0.3, 0.4) is 0 Å². The van der Waals surface area contributed by atoms with Crippen molar-refractivity contribution >= 4 is 29.9 Å². The van der Waals surface area contributed by atoms with Gasteiger partial charge in [-0.1, -0.05) is 31.5 Å². The van der Waals surface area contributed by atoms with Gasteiger partial charge in [0.25, 0.3) is 0 Å². The fourth-order valence-electron chi connectivity index (χ4n) is 2.14. The Labute approximate surface area is 163 Å². The Balaban J connectivity index is 0.00000529. The van der Waals surface area contributed by atoms with E-state index in [0.717, 1.165) is 50.7 Å². The van der Waals surface area contributed by atoms with Gasteiger partial charge in [-0.05, 0) is 31.4 Å². The minimum absolute atomic E-state index is 0. The number of nitrogens with zero attached hydrogens (tertiary/aromatic N) is 1. The van der Waals surface area contributed by atoms with Gasteiger partial charge >= 0.3 is 0 Å². The normalized spacial score (nSPS) is 10.9. The zero-order valence-electron chi connectivity index (χ0n) is 15.1. The minimum atomic E-state index is 0.